The van der Waals surface area contributed by atoms with Crippen molar-refractivity contribution in [1.29, 1.82) is 0 Å². The smallest absolute Gasteiger partial charge is 0.243 e. The van der Waals surface area contributed by atoms with Crippen LogP contribution in [0.4, 0.5) is 11.4 Å². The number of hydrogen-bond donors (Lipinski definition) is 2. The van der Waals surface area contributed by atoms with E-state index in [-0.39, 0.29) is 12.5 Å². The lowest BCUT2D eigenvalue weighted by atomic mass is 10.1. The first-order valence-electron chi connectivity index (χ1n) is 3.92. The van der Waals surface area contributed by atoms with E-state index in [0.29, 0.717) is 11.3 Å². The van der Waals surface area contributed by atoms with Crippen LogP contribution in [0.5, 0.6) is 0 Å². The van der Waals surface area contributed by atoms with E-state index >= 15 is 0 Å². The van der Waals surface area contributed by atoms with Gasteiger partial charge >= 0.3 is 0 Å². The van der Waals surface area contributed by atoms with E-state index < -0.39 is 0 Å². The Balaban J connectivity index is 2.43. The van der Waals surface area contributed by atoms with Crippen molar-refractivity contribution >= 4 is 23.6 Å². The topological polar surface area (TPSA) is 58.2 Å². The highest BCUT2D eigenvalue weighted by molar-refractivity contribution is 6.01. The van der Waals surface area contributed by atoms with E-state index in [0.717, 1.165) is 12.0 Å². The van der Waals surface area contributed by atoms with Crippen LogP contribution < -0.4 is 10.6 Å². The zero-order chi connectivity index (χ0) is 9.26. The second-order valence-corrected chi connectivity index (χ2v) is 2.82. The second kappa shape index (κ2) is 2.90. The predicted molar refractivity (Wildman–Crippen MR) is 48.9 cm³/mol. The van der Waals surface area contributed by atoms with Crippen LogP contribution in [0.2, 0.25) is 0 Å². The fourth-order valence-corrected chi connectivity index (χ4v) is 1.26. The first kappa shape index (κ1) is 7.79. The summed E-state index contributed by atoms with van der Waals surface area (Å²) >= 11 is 0. The van der Waals surface area contributed by atoms with Crippen LogP contribution in [-0.2, 0) is 4.79 Å². The first-order valence-corrected chi connectivity index (χ1v) is 3.92. The predicted octanol–water partition coefficient (Wildman–Crippen LogP) is 0.863. The molecule has 1 aliphatic rings. The number of carbonyl (C=O) groups is 2. The molecule has 0 fully saturated rings. The van der Waals surface area contributed by atoms with Gasteiger partial charge in [-0.1, -0.05) is 0 Å². The normalized spacial score (nSPS) is 14.0. The Morgan fingerprint density at radius 3 is 2.92 bits per heavy atom. The maximum atomic E-state index is 11.0. The monoisotopic (exact) mass is 176 g/mol. The molecule has 0 saturated carbocycles. The molecule has 0 saturated heterocycles. The molecule has 1 heterocycles. The van der Waals surface area contributed by atoms with Gasteiger partial charge in [0.2, 0.25) is 5.91 Å². The molecule has 2 N–H and O–H groups in total. The summed E-state index contributed by atoms with van der Waals surface area (Å²) in [6.45, 7) is 0.285. The van der Waals surface area contributed by atoms with E-state index in [1.54, 1.807) is 18.2 Å². The molecule has 0 radical (unpaired) electrons. The summed E-state index contributed by atoms with van der Waals surface area (Å²) < 4.78 is 0. The van der Waals surface area contributed by atoms with E-state index in [9.17, 15) is 9.59 Å². The van der Waals surface area contributed by atoms with Gasteiger partial charge in [0.1, 0.15) is 6.29 Å². The third kappa shape index (κ3) is 1.38. The Bertz CT molecular complexity index is 374. The molecule has 1 aliphatic heterocycles. The first-order chi connectivity index (χ1) is 6.29. The number of hydrogen-bond acceptors (Lipinski definition) is 3. The van der Waals surface area contributed by atoms with E-state index in [1.165, 1.54) is 0 Å². The van der Waals surface area contributed by atoms with Crippen LogP contribution in [0, 0.1) is 0 Å². The van der Waals surface area contributed by atoms with Crippen molar-refractivity contribution in [3.8, 4) is 0 Å². The molecule has 0 bridgehead atoms. The van der Waals surface area contributed by atoms with Gasteiger partial charge in [-0.2, -0.15) is 0 Å². The molecular weight excluding hydrogens is 168 g/mol. The molecule has 1 amide bonds. The summed E-state index contributed by atoms with van der Waals surface area (Å²) in [6, 6.07) is 5.13. The molecule has 4 heteroatoms. The lowest BCUT2D eigenvalue weighted by Gasteiger charge is -2.18. The summed E-state index contributed by atoms with van der Waals surface area (Å²) in [4.78, 5) is 21.4. The maximum Gasteiger partial charge on any atom is 0.243 e. The Kier molecular flexibility index (Phi) is 1.73. The molecule has 0 atom stereocenters. The summed E-state index contributed by atoms with van der Waals surface area (Å²) in [5.41, 5.74) is 2.08. The third-order valence-electron chi connectivity index (χ3n) is 1.89. The van der Waals surface area contributed by atoms with Crippen LogP contribution in [-0.4, -0.2) is 18.7 Å². The van der Waals surface area contributed by atoms with Crippen molar-refractivity contribution in [2.75, 3.05) is 17.2 Å². The van der Waals surface area contributed by atoms with Crippen LogP contribution >= 0.6 is 0 Å². The van der Waals surface area contributed by atoms with Crippen molar-refractivity contribution in [3.05, 3.63) is 23.8 Å². The molecule has 0 unspecified atom stereocenters. The van der Waals surface area contributed by atoms with Gasteiger partial charge in [-0.05, 0) is 18.2 Å². The van der Waals surface area contributed by atoms with Crippen LogP contribution in [0.1, 0.15) is 10.4 Å². The van der Waals surface area contributed by atoms with Crippen molar-refractivity contribution in [3.63, 3.8) is 0 Å². The average molecular weight is 176 g/mol. The Morgan fingerprint density at radius 1 is 1.31 bits per heavy atom. The van der Waals surface area contributed by atoms with Crippen LogP contribution in [0.25, 0.3) is 0 Å². The number of rotatable bonds is 1. The number of anilines is 2. The average Bonchev–Trinajstić information content (AvgIpc) is 2.16. The van der Waals surface area contributed by atoms with Gasteiger partial charge in [-0.15, -0.1) is 0 Å². The molecule has 4 nitrogen and oxygen atoms in total. The molecule has 1 aromatic carbocycles. The van der Waals surface area contributed by atoms with Gasteiger partial charge in [-0.3, -0.25) is 9.59 Å². The third-order valence-corrected chi connectivity index (χ3v) is 1.89. The summed E-state index contributed by atoms with van der Waals surface area (Å²) in [6.07, 6.45) is 0.751. The highest BCUT2D eigenvalue weighted by Crippen LogP contribution is 2.24. The summed E-state index contributed by atoms with van der Waals surface area (Å²) in [7, 11) is 0. The van der Waals surface area contributed by atoms with E-state index in [1.807, 2.05) is 0 Å². The molecule has 13 heavy (non-hydrogen) atoms. The molecule has 66 valence electrons. The molecular formula is C9H8N2O2. The summed E-state index contributed by atoms with van der Waals surface area (Å²) in [5.74, 6) is -0.0875. The fraction of sp³-hybridized carbons (Fsp3) is 0.111. The molecule has 0 aliphatic carbocycles. The number of carbonyl (C=O) groups excluding carboxylic acids is 2. The van der Waals surface area contributed by atoms with Crippen LogP contribution in [0.3, 0.4) is 0 Å². The lowest BCUT2D eigenvalue weighted by Crippen LogP contribution is -2.27. The Morgan fingerprint density at radius 2 is 2.15 bits per heavy atom. The quantitative estimate of drug-likeness (QED) is 0.624. The SMILES string of the molecule is O=Cc1ccc2c(c1)NC(=O)CN2. The lowest BCUT2D eigenvalue weighted by molar-refractivity contribution is -0.114. The number of benzene rings is 1. The van der Waals surface area contributed by atoms with Gasteiger partial charge in [0.05, 0.1) is 17.9 Å². The standard InChI is InChI=1S/C9H8N2O2/c12-5-6-1-2-7-8(3-6)11-9(13)4-10-7/h1-3,5,10H,4H2,(H,11,13). The van der Waals surface area contributed by atoms with Crippen molar-refractivity contribution in [2.45, 2.75) is 0 Å². The number of amides is 1. The van der Waals surface area contributed by atoms with Gasteiger partial charge in [0.25, 0.3) is 0 Å². The largest absolute Gasteiger partial charge is 0.374 e. The van der Waals surface area contributed by atoms with E-state index in [2.05, 4.69) is 10.6 Å². The van der Waals surface area contributed by atoms with Crippen molar-refractivity contribution in [2.24, 2.45) is 0 Å². The zero-order valence-electron chi connectivity index (χ0n) is 6.83. The summed E-state index contributed by atoms with van der Waals surface area (Å²) in [5, 5.41) is 5.61. The van der Waals surface area contributed by atoms with Crippen molar-refractivity contribution in [1.82, 2.24) is 0 Å². The zero-order valence-corrected chi connectivity index (χ0v) is 6.83. The number of nitrogens with one attached hydrogen (secondary N) is 2. The Hall–Kier alpha value is -1.84. The number of aldehydes is 1. The molecule has 0 spiro atoms. The highest BCUT2D eigenvalue weighted by atomic mass is 16.2. The van der Waals surface area contributed by atoms with Gasteiger partial charge in [0, 0.05) is 5.56 Å². The van der Waals surface area contributed by atoms with Crippen LogP contribution in [0.15, 0.2) is 18.2 Å². The minimum Gasteiger partial charge on any atom is -0.374 e. The highest BCUT2D eigenvalue weighted by Gasteiger charge is 2.13. The Labute approximate surface area is 74.9 Å². The molecule has 2 rings (SSSR count). The molecule has 0 aromatic heterocycles. The minimum absolute atomic E-state index is 0.0875. The second-order valence-electron chi connectivity index (χ2n) is 2.82. The minimum atomic E-state index is -0.0875. The van der Waals surface area contributed by atoms with Crippen molar-refractivity contribution < 1.29 is 9.59 Å². The van der Waals surface area contributed by atoms with Gasteiger partial charge in [-0.25, -0.2) is 0 Å². The van der Waals surface area contributed by atoms with Gasteiger partial charge in [0.15, 0.2) is 0 Å². The van der Waals surface area contributed by atoms with Gasteiger partial charge < -0.3 is 10.6 Å². The molecule has 1 aromatic rings. The van der Waals surface area contributed by atoms with E-state index in [4.69, 9.17) is 0 Å². The fourth-order valence-electron chi connectivity index (χ4n) is 1.26. The number of fused-ring (bicyclic) bond motifs is 1. The maximum absolute atomic E-state index is 11.0.